The third kappa shape index (κ3) is 4.50. The number of nitrogens with zero attached hydrogens (tertiary/aromatic N) is 1. The molecule has 2 aromatic rings. The van der Waals surface area contributed by atoms with Crippen LogP contribution < -0.4 is 5.73 Å². The van der Waals surface area contributed by atoms with Crippen LogP contribution in [-0.2, 0) is 13.0 Å². The molecule has 2 nitrogen and oxygen atoms in total. The first kappa shape index (κ1) is 14.8. The maximum Gasteiger partial charge on any atom is 0.0555 e. The third-order valence-electron chi connectivity index (χ3n) is 3.11. The summed E-state index contributed by atoms with van der Waals surface area (Å²) in [6.45, 7) is 2.41. The zero-order chi connectivity index (χ0) is 14.2. The molecule has 1 aromatic carbocycles. The van der Waals surface area contributed by atoms with E-state index in [1.807, 2.05) is 0 Å². The predicted octanol–water partition coefficient (Wildman–Crippen LogP) is 2.73. The molecule has 0 aliphatic carbocycles. The summed E-state index contributed by atoms with van der Waals surface area (Å²) in [7, 11) is 2.16. The van der Waals surface area contributed by atoms with E-state index in [0.717, 1.165) is 25.1 Å². The van der Waals surface area contributed by atoms with Crippen molar-refractivity contribution in [3.63, 3.8) is 0 Å². The second-order valence-electron chi connectivity index (χ2n) is 4.74. The number of hydrogen-bond donors (Lipinski definition) is 1. The molecule has 0 radical (unpaired) electrons. The van der Waals surface area contributed by atoms with Gasteiger partial charge in [0.25, 0.3) is 0 Å². The standard InChI is InChI=1S/C17H20N2S/c1-19(12-9-15-6-3-2-4-7-15)14-17-16(8-5-11-18)10-13-20-17/h2-4,6-7,10,13H,9,11-12,14,18H2,1H3. The minimum atomic E-state index is 0.416. The van der Waals surface area contributed by atoms with Gasteiger partial charge in [-0.05, 0) is 30.5 Å². The molecule has 20 heavy (non-hydrogen) atoms. The Balaban J connectivity index is 1.88. The van der Waals surface area contributed by atoms with Crippen LogP contribution in [0.3, 0.4) is 0 Å². The number of thiophene rings is 1. The first-order valence-electron chi connectivity index (χ1n) is 6.77. The van der Waals surface area contributed by atoms with E-state index in [1.54, 1.807) is 11.3 Å². The molecule has 0 spiro atoms. The molecule has 0 fully saturated rings. The Kier molecular flexibility index (Phi) is 5.82. The van der Waals surface area contributed by atoms with Crippen LogP contribution >= 0.6 is 11.3 Å². The van der Waals surface area contributed by atoms with E-state index in [1.165, 1.54) is 10.4 Å². The van der Waals surface area contributed by atoms with Crippen molar-refractivity contribution >= 4 is 11.3 Å². The average molecular weight is 284 g/mol. The van der Waals surface area contributed by atoms with Gasteiger partial charge in [-0.1, -0.05) is 42.2 Å². The van der Waals surface area contributed by atoms with Crippen molar-refractivity contribution in [3.8, 4) is 11.8 Å². The van der Waals surface area contributed by atoms with Crippen molar-refractivity contribution in [1.82, 2.24) is 4.90 Å². The second kappa shape index (κ2) is 7.86. The molecule has 0 amide bonds. The van der Waals surface area contributed by atoms with Gasteiger partial charge < -0.3 is 10.6 Å². The molecule has 2 rings (SSSR count). The molecule has 0 saturated carbocycles. The molecular formula is C17H20N2S. The molecule has 1 heterocycles. The molecule has 0 saturated heterocycles. The number of hydrogen-bond acceptors (Lipinski definition) is 3. The molecule has 0 aliphatic heterocycles. The van der Waals surface area contributed by atoms with E-state index in [4.69, 9.17) is 5.73 Å². The van der Waals surface area contributed by atoms with Crippen LogP contribution in [-0.4, -0.2) is 25.0 Å². The Morgan fingerprint density at radius 3 is 2.75 bits per heavy atom. The van der Waals surface area contributed by atoms with Gasteiger partial charge in [-0.3, -0.25) is 0 Å². The molecular weight excluding hydrogens is 264 g/mol. The van der Waals surface area contributed by atoms with Gasteiger partial charge >= 0.3 is 0 Å². The van der Waals surface area contributed by atoms with Crippen LogP contribution in [0, 0.1) is 11.8 Å². The molecule has 0 bridgehead atoms. The predicted molar refractivity (Wildman–Crippen MR) is 86.7 cm³/mol. The first-order valence-corrected chi connectivity index (χ1v) is 7.65. The highest BCUT2D eigenvalue weighted by Gasteiger charge is 2.06. The molecule has 2 N–H and O–H groups in total. The van der Waals surface area contributed by atoms with E-state index >= 15 is 0 Å². The molecule has 0 atom stereocenters. The van der Waals surface area contributed by atoms with Crippen molar-refractivity contribution in [3.05, 3.63) is 57.8 Å². The largest absolute Gasteiger partial charge is 0.320 e. The topological polar surface area (TPSA) is 29.3 Å². The fraction of sp³-hybridized carbons (Fsp3) is 0.294. The van der Waals surface area contributed by atoms with Crippen molar-refractivity contribution in [2.75, 3.05) is 20.1 Å². The van der Waals surface area contributed by atoms with E-state index in [2.05, 4.69) is 65.6 Å². The SMILES string of the molecule is CN(CCc1ccccc1)Cc1sccc1C#CCN. The molecule has 0 unspecified atom stereocenters. The summed E-state index contributed by atoms with van der Waals surface area (Å²) >= 11 is 1.76. The summed E-state index contributed by atoms with van der Waals surface area (Å²) in [4.78, 5) is 3.66. The van der Waals surface area contributed by atoms with Gasteiger partial charge in [0.1, 0.15) is 0 Å². The Morgan fingerprint density at radius 2 is 2.00 bits per heavy atom. The highest BCUT2D eigenvalue weighted by molar-refractivity contribution is 7.10. The van der Waals surface area contributed by atoms with Gasteiger partial charge in [0.15, 0.2) is 0 Å². The highest BCUT2D eigenvalue weighted by Crippen LogP contribution is 2.17. The maximum atomic E-state index is 5.43. The lowest BCUT2D eigenvalue weighted by atomic mass is 10.1. The summed E-state index contributed by atoms with van der Waals surface area (Å²) in [5.74, 6) is 6.07. The van der Waals surface area contributed by atoms with Gasteiger partial charge in [0.05, 0.1) is 6.54 Å². The fourth-order valence-electron chi connectivity index (χ4n) is 2.01. The monoisotopic (exact) mass is 284 g/mol. The van der Waals surface area contributed by atoms with Crippen molar-refractivity contribution in [2.24, 2.45) is 5.73 Å². The normalized spacial score (nSPS) is 10.3. The van der Waals surface area contributed by atoms with E-state index < -0.39 is 0 Å². The summed E-state index contributed by atoms with van der Waals surface area (Å²) in [5.41, 5.74) is 7.93. The summed E-state index contributed by atoms with van der Waals surface area (Å²) in [5, 5.41) is 2.10. The van der Waals surface area contributed by atoms with Gasteiger partial charge in [0.2, 0.25) is 0 Å². The molecule has 1 aromatic heterocycles. The Morgan fingerprint density at radius 1 is 1.20 bits per heavy atom. The van der Waals surface area contributed by atoms with E-state index in [9.17, 15) is 0 Å². The average Bonchev–Trinajstić information content (AvgIpc) is 2.91. The van der Waals surface area contributed by atoms with Crippen LogP contribution in [0.4, 0.5) is 0 Å². The fourth-order valence-corrected chi connectivity index (χ4v) is 2.92. The lowest BCUT2D eigenvalue weighted by Crippen LogP contribution is -2.20. The number of benzene rings is 1. The van der Waals surface area contributed by atoms with Crippen molar-refractivity contribution in [2.45, 2.75) is 13.0 Å². The van der Waals surface area contributed by atoms with Crippen molar-refractivity contribution < 1.29 is 0 Å². The summed E-state index contributed by atoms with van der Waals surface area (Å²) in [6.07, 6.45) is 1.08. The second-order valence-corrected chi connectivity index (χ2v) is 5.74. The van der Waals surface area contributed by atoms with Crippen molar-refractivity contribution in [1.29, 1.82) is 0 Å². The van der Waals surface area contributed by atoms with Gasteiger partial charge in [-0.15, -0.1) is 11.3 Å². The maximum absolute atomic E-state index is 5.43. The van der Waals surface area contributed by atoms with E-state index in [0.29, 0.717) is 6.54 Å². The lowest BCUT2D eigenvalue weighted by molar-refractivity contribution is 0.334. The molecule has 104 valence electrons. The first-order chi connectivity index (χ1) is 9.79. The molecule has 3 heteroatoms. The van der Waals surface area contributed by atoms with Gasteiger partial charge in [0, 0.05) is 23.5 Å². The van der Waals surface area contributed by atoms with Crippen LogP contribution in [0.25, 0.3) is 0 Å². The smallest absolute Gasteiger partial charge is 0.0555 e. The minimum absolute atomic E-state index is 0.416. The summed E-state index contributed by atoms with van der Waals surface area (Å²) < 4.78 is 0. The highest BCUT2D eigenvalue weighted by atomic mass is 32.1. The van der Waals surface area contributed by atoms with Crippen LogP contribution in [0.5, 0.6) is 0 Å². The zero-order valence-corrected chi connectivity index (χ0v) is 12.6. The number of likely N-dealkylation sites (N-methyl/N-ethyl adjacent to an activating group) is 1. The third-order valence-corrected chi connectivity index (χ3v) is 4.01. The van der Waals surface area contributed by atoms with Crippen LogP contribution in [0.15, 0.2) is 41.8 Å². The Bertz CT molecular complexity index is 578. The van der Waals surface area contributed by atoms with Gasteiger partial charge in [-0.25, -0.2) is 0 Å². The lowest BCUT2D eigenvalue weighted by Gasteiger charge is -2.16. The number of rotatable bonds is 5. The molecule has 0 aliphatic rings. The zero-order valence-electron chi connectivity index (χ0n) is 11.8. The summed E-state index contributed by atoms with van der Waals surface area (Å²) in [6, 6.07) is 12.7. The van der Waals surface area contributed by atoms with Gasteiger partial charge in [-0.2, -0.15) is 0 Å². The Labute approximate surface area is 125 Å². The Hall–Kier alpha value is -1.60. The number of nitrogens with two attached hydrogens (primary N) is 1. The van der Waals surface area contributed by atoms with E-state index in [-0.39, 0.29) is 0 Å². The minimum Gasteiger partial charge on any atom is -0.320 e. The van der Waals surface area contributed by atoms with Crippen LogP contribution in [0.2, 0.25) is 0 Å². The quantitative estimate of drug-likeness (QED) is 0.856. The van der Waals surface area contributed by atoms with Crippen LogP contribution in [0.1, 0.15) is 16.0 Å².